The number of hydrogen-bond acceptors (Lipinski definition) is 9. The lowest BCUT2D eigenvalue weighted by Gasteiger charge is -2.18. The van der Waals surface area contributed by atoms with Gasteiger partial charge in [0, 0.05) is 5.69 Å². The molecule has 3 aliphatic heterocycles. The lowest BCUT2D eigenvalue weighted by atomic mass is 10.1. The third kappa shape index (κ3) is 5.50. The van der Waals surface area contributed by atoms with E-state index in [2.05, 4.69) is 31.2 Å². The van der Waals surface area contributed by atoms with Gasteiger partial charge in [0.1, 0.15) is 11.9 Å². The fourth-order valence-corrected chi connectivity index (χ4v) is 5.55. The summed E-state index contributed by atoms with van der Waals surface area (Å²) in [5.74, 6) is 0.175. The van der Waals surface area contributed by atoms with E-state index in [1.54, 1.807) is 0 Å². The Kier molecular flexibility index (Phi) is 7.00. The van der Waals surface area contributed by atoms with Crippen molar-refractivity contribution in [3.63, 3.8) is 0 Å². The van der Waals surface area contributed by atoms with Gasteiger partial charge in [-0.15, -0.1) is 0 Å². The largest absolute Gasteiger partial charge is 0.465 e. The van der Waals surface area contributed by atoms with Crippen LogP contribution in [0.15, 0.2) is 18.3 Å². The average molecular weight is 540 g/mol. The highest BCUT2D eigenvalue weighted by Crippen LogP contribution is 2.32. The van der Waals surface area contributed by atoms with E-state index < -0.39 is 6.09 Å². The molecule has 2 saturated heterocycles. The van der Waals surface area contributed by atoms with Crippen molar-refractivity contribution >= 4 is 35.2 Å². The molecule has 2 aromatic rings. The van der Waals surface area contributed by atoms with E-state index in [1.807, 2.05) is 6.07 Å². The Bertz CT molecular complexity index is 1300. The molecule has 0 radical (unpaired) electrons. The van der Waals surface area contributed by atoms with Crippen molar-refractivity contribution in [2.75, 3.05) is 48.3 Å². The number of cyclic esters (lactones) is 1. The summed E-state index contributed by atoms with van der Waals surface area (Å²) in [5, 5.41) is 12.0. The molecule has 4 aliphatic rings. The van der Waals surface area contributed by atoms with Crippen LogP contribution in [0.2, 0.25) is 0 Å². The quantitative estimate of drug-likeness (QED) is 0.365. The lowest BCUT2D eigenvalue weighted by molar-refractivity contribution is -0.119. The SMILES string of the molecule is O=C1COc2ncc(N3CC(CCNCC4Cc5cc(NC(=O)C6CCCN6)cc(F)c5C4)OC3=O)nc2N1. The maximum absolute atomic E-state index is 14.8. The van der Waals surface area contributed by atoms with Gasteiger partial charge in [-0.05, 0) is 80.9 Å². The van der Waals surface area contributed by atoms with E-state index in [9.17, 15) is 18.8 Å². The maximum atomic E-state index is 14.8. The number of aromatic nitrogens is 2. The summed E-state index contributed by atoms with van der Waals surface area (Å²) in [4.78, 5) is 46.1. The number of carbonyl (C=O) groups excluding carboxylic acids is 3. The summed E-state index contributed by atoms with van der Waals surface area (Å²) in [6.07, 6.45) is 4.29. The molecule has 3 amide bonds. The molecule has 0 spiro atoms. The number of nitrogens with one attached hydrogen (secondary N) is 4. The predicted octanol–water partition coefficient (Wildman–Crippen LogP) is 1.36. The summed E-state index contributed by atoms with van der Waals surface area (Å²) in [5.41, 5.74) is 2.15. The van der Waals surface area contributed by atoms with Crippen molar-refractivity contribution < 1.29 is 28.2 Å². The fraction of sp³-hybridized carbons (Fsp3) is 0.500. The lowest BCUT2D eigenvalue weighted by Crippen LogP contribution is -2.35. The zero-order valence-corrected chi connectivity index (χ0v) is 21.3. The van der Waals surface area contributed by atoms with Gasteiger partial charge in [-0.1, -0.05) is 0 Å². The molecule has 13 heteroatoms. The van der Waals surface area contributed by atoms with Crippen molar-refractivity contribution in [3.8, 4) is 5.88 Å². The van der Waals surface area contributed by atoms with Crippen LogP contribution >= 0.6 is 0 Å². The summed E-state index contributed by atoms with van der Waals surface area (Å²) >= 11 is 0. The van der Waals surface area contributed by atoms with Gasteiger partial charge in [0.05, 0.1) is 18.8 Å². The zero-order chi connectivity index (χ0) is 26.9. The molecule has 1 aromatic carbocycles. The Morgan fingerprint density at radius 3 is 3.00 bits per heavy atom. The molecular formula is C26H30FN7O5. The molecule has 1 aliphatic carbocycles. The van der Waals surface area contributed by atoms with Crippen LogP contribution in [0.4, 0.5) is 26.5 Å². The van der Waals surface area contributed by atoms with Crippen molar-refractivity contribution in [1.29, 1.82) is 0 Å². The number of ether oxygens (including phenoxy) is 2. The molecule has 4 N–H and O–H groups in total. The molecular weight excluding hydrogens is 509 g/mol. The summed E-state index contributed by atoms with van der Waals surface area (Å²) in [6, 6.07) is 3.09. The Morgan fingerprint density at radius 2 is 2.15 bits per heavy atom. The van der Waals surface area contributed by atoms with Gasteiger partial charge in [-0.3, -0.25) is 14.5 Å². The highest BCUT2D eigenvalue weighted by molar-refractivity contribution is 5.95. The van der Waals surface area contributed by atoms with Crippen LogP contribution in [0.25, 0.3) is 0 Å². The number of rotatable bonds is 8. The smallest absolute Gasteiger partial charge is 0.415 e. The fourth-order valence-electron chi connectivity index (χ4n) is 5.55. The highest BCUT2D eigenvalue weighted by atomic mass is 19.1. The summed E-state index contributed by atoms with van der Waals surface area (Å²) < 4.78 is 25.5. The minimum absolute atomic E-state index is 0.117. The van der Waals surface area contributed by atoms with Crippen molar-refractivity contribution in [3.05, 3.63) is 35.3 Å². The maximum Gasteiger partial charge on any atom is 0.415 e. The van der Waals surface area contributed by atoms with Crippen LogP contribution in [0.5, 0.6) is 5.88 Å². The topological polar surface area (TPSA) is 147 Å². The minimum Gasteiger partial charge on any atom is -0.465 e. The van der Waals surface area contributed by atoms with Gasteiger partial charge in [0.25, 0.3) is 11.8 Å². The number of amides is 3. The molecule has 3 atom stereocenters. The van der Waals surface area contributed by atoms with Gasteiger partial charge >= 0.3 is 6.09 Å². The first-order valence-electron chi connectivity index (χ1n) is 13.3. The molecule has 0 bridgehead atoms. The monoisotopic (exact) mass is 539 g/mol. The molecule has 206 valence electrons. The summed E-state index contributed by atoms with van der Waals surface area (Å²) in [7, 11) is 0. The second-order valence-corrected chi connectivity index (χ2v) is 10.3. The van der Waals surface area contributed by atoms with E-state index in [0.29, 0.717) is 43.7 Å². The number of carbonyl (C=O) groups is 3. The first kappa shape index (κ1) is 25.4. The molecule has 3 unspecified atom stereocenters. The standard InChI is InChI=1S/C26H30FN7O5/c27-19-9-16(31-24(36)20-2-1-4-29-20)8-15-6-14(7-18(15)19)10-28-5-3-17-12-34(26(37)39-17)21-11-30-25-23(32-21)33-22(35)13-38-25/h8-9,11,14,17,20,28-29H,1-7,10,12-13H2,(H,31,36)(H,32,33,35). The van der Waals surface area contributed by atoms with Crippen molar-refractivity contribution in [2.24, 2.45) is 5.92 Å². The van der Waals surface area contributed by atoms with E-state index in [1.165, 1.54) is 17.2 Å². The number of halogens is 1. The minimum atomic E-state index is -0.523. The summed E-state index contributed by atoms with van der Waals surface area (Å²) in [6.45, 7) is 2.33. The molecule has 1 aromatic heterocycles. The second-order valence-electron chi connectivity index (χ2n) is 10.3. The Hall–Kier alpha value is -3.84. The molecule has 2 fully saturated rings. The van der Waals surface area contributed by atoms with Crippen LogP contribution in [-0.4, -0.2) is 72.8 Å². The Balaban J connectivity index is 0.964. The first-order chi connectivity index (χ1) is 18.9. The van der Waals surface area contributed by atoms with Gasteiger partial charge in [-0.25, -0.2) is 19.2 Å². The number of anilines is 3. The second kappa shape index (κ2) is 10.7. The first-order valence-corrected chi connectivity index (χ1v) is 13.3. The van der Waals surface area contributed by atoms with Crippen LogP contribution in [0, 0.1) is 11.7 Å². The third-order valence-electron chi connectivity index (χ3n) is 7.48. The number of nitrogens with zero attached hydrogens (tertiary/aromatic N) is 3. The van der Waals surface area contributed by atoms with Crippen LogP contribution < -0.4 is 30.9 Å². The molecule has 12 nitrogen and oxygen atoms in total. The third-order valence-corrected chi connectivity index (χ3v) is 7.48. The van der Waals surface area contributed by atoms with Gasteiger partial charge in [0.2, 0.25) is 5.91 Å². The molecule has 0 saturated carbocycles. The van der Waals surface area contributed by atoms with Gasteiger partial charge < -0.3 is 30.7 Å². The number of benzene rings is 1. The van der Waals surface area contributed by atoms with Crippen LogP contribution in [-0.2, 0) is 27.2 Å². The van der Waals surface area contributed by atoms with Crippen LogP contribution in [0.1, 0.15) is 30.4 Å². The zero-order valence-electron chi connectivity index (χ0n) is 21.3. The van der Waals surface area contributed by atoms with Gasteiger partial charge in [0.15, 0.2) is 18.2 Å². The Labute approximate surface area is 224 Å². The molecule has 39 heavy (non-hydrogen) atoms. The number of fused-ring (bicyclic) bond motifs is 2. The van der Waals surface area contributed by atoms with Gasteiger partial charge in [-0.2, -0.15) is 0 Å². The normalized spacial score (nSPS) is 23.6. The predicted molar refractivity (Wildman–Crippen MR) is 138 cm³/mol. The van der Waals surface area contributed by atoms with E-state index in [-0.39, 0.29) is 59.8 Å². The van der Waals surface area contributed by atoms with Crippen molar-refractivity contribution in [2.45, 2.75) is 44.2 Å². The van der Waals surface area contributed by atoms with E-state index >= 15 is 0 Å². The average Bonchev–Trinajstić information content (AvgIpc) is 3.66. The van der Waals surface area contributed by atoms with Crippen molar-refractivity contribution in [1.82, 2.24) is 20.6 Å². The molecule has 4 heterocycles. The Morgan fingerprint density at radius 1 is 1.26 bits per heavy atom. The number of hydrogen-bond donors (Lipinski definition) is 4. The van der Waals surface area contributed by atoms with E-state index in [4.69, 9.17) is 9.47 Å². The van der Waals surface area contributed by atoms with E-state index in [0.717, 1.165) is 31.4 Å². The molecule has 6 rings (SSSR count). The van der Waals surface area contributed by atoms with Crippen LogP contribution in [0.3, 0.4) is 0 Å². The highest BCUT2D eigenvalue weighted by Gasteiger charge is 2.34.